The highest BCUT2D eigenvalue weighted by molar-refractivity contribution is 5.78. The molecule has 0 aromatic heterocycles. The third-order valence-electron chi connectivity index (χ3n) is 5.53. The van der Waals surface area contributed by atoms with E-state index in [1.54, 1.807) is 7.11 Å². The largest absolute Gasteiger partial charge is 0.496 e. The topological polar surface area (TPSA) is 61.8 Å². The number of rotatable bonds is 8. The lowest BCUT2D eigenvalue weighted by Gasteiger charge is -2.42. The third-order valence-corrected chi connectivity index (χ3v) is 5.53. The zero-order chi connectivity index (χ0) is 17.7. The Morgan fingerprint density at radius 1 is 1.40 bits per heavy atom. The van der Waals surface area contributed by atoms with Crippen molar-refractivity contribution < 1.29 is 14.6 Å². The summed E-state index contributed by atoms with van der Waals surface area (Å²) in [4.78, 5) is 14.6. The van der Waals surface area contributed by atoms with Crippen molar-refractivity contribution in [2.45, 2.75) is 38.6 Å². The second-order valence-electron chi connectivity index (χ2n) is 7.71. The van der Waals surface area contributed by atoms with Gasteiger partial charge in [0.05, 0.1) is 13.7 Å². The molecular formula is C20H30N2O3. The molecule has 2 N–H and O–H groups in total. The van der Waals surface area contributed by atoms with Gasteiger partial charge in [0.2, 0.25) is 5.91 Å². The summed E-state index contributed by atoms with van der Waals surface area (Å²) in [5.74, 6) is 1.63. The molecule has 5 heteroatoms. The van der Waals surface area contributed by atoms with Gasteiger partial charge in [-0.1, -0.05) is 31.0 Å². The minimum absolute atomic E-state index is 0.00233. The van der Waals surface area contributed by atoms with Crippen LogP contribution in [0.2, 0.25) is 0 Å². The van der Waals surface area contributed by atoms with Crippen LogP contribution in [0.1, 0.15) is 37.7 Å². The fourth-order valence-corrected chi connectivity index (χ4v) is 4.04. The molecule has 1 amide bonds. The normalized spacial score (nSPS) is 24.1. The summed E-state index contributed by atoms with van der Waals surface area (Å²) in [6.45, 7) is 2.89. The number of benzene rings is 1. The van der Waals surface area contributed by atoms with Crippen LogP contribution in [0.15, 0.2) is 24.3 Å². The number of aliphatic hydroxyl groups excluding tert-OH is 1. The van der Waals surface area contributed by atoms with Crippen LogP contribution >= 0.6 is 0 Å². The van der Waals surface area contributed by atoms with Gasteiger partial charge in [-0.3, -0.25) is 9.69 Å². The van der Waals surface area contributed by atoms with E-state index in [4.69, 9.17) is 4.74 Å². The fraction of sp³-hybridized carbons (Fsp3) is 0.650. The molecule has 2 aliphatic rings. The van der Waals surface area contributed by atoms with E-state index in [1.165, 1.54) is 12.8 Å². The highest BCUT2D eigenvalue weighted by Crippen LogP contribution is 2.44. The zero-order valence-electron chi connectivity index (χ0n) is 15.2. The molecule has 2 fully saturated rings. The maximum absolute atomic E-state index is 12.4. The number of nitrogens with zero attached hydrogens (tertiary/aromatic N) is 1. The smallest absolute Gasteiger partial charge is 0.234 e. The average Bonchev–Trinajstić information content (AvgIpc) is 3.44. The molecule has 0 bridgehead atoms. The standard InChI is InChI=1S/C20H30N2O3/c1-25-18-6-3-2-5-17(18)12-21-19(24)13-22-10-4-9-20(14-22,15-23)11-16-7-8-16/h2-3,5-6,16,23H,4,7-15H2,1H3,(H,21,24)/t20-/m0/s1. The first kappa shape index (κ1) is 18.2. The van der Waals surface area contributed by atoms with E-state index in [0.29, 0.717) is 13.1 Å². The number of aliphatic hydroxyl groups is 1. The molecule has 1 atom stereocenters. The van der Waals surface area contributed by atoms with Crippen LogP contribution in [0, 0.1) is 11.3 Å². The molecule has 0 radical (unpaired) electrons. The zero-order valence-corrected chi connectivity index (χ0v) is 15.2. The van der Waals surface area contributed by atoms with Gasteiger partial charge in [-0.25, -0.2) is 0 Å². The van der Waals surface area contributed by atoms with Crippen molar-refractivity contribution in [2.75, 3.05) is 33.4 Å². The summed E-state index contributed by atoms with van der Waals surface area (Å²) in [5, 5.41) is 12.9. The van der Waals surface area contributed by atoms with Crippen LogP contribution in [-0.4, -0.2) is 49.3 Å². The molecule has 25 heavy (non-hydrogen) atoms. The number of ether oxygens (including phenoxy) is 1. The van der Waals surface area contributed by atoms with Gasteiger partial charge in [-0.2, -0.15) is 0 Å². The minimum Gasteiger partial charge on any atom is -0.496 e. The molecule has 138 valence electrons. The van der Waals surface area contributed by atoms with Crippen molar-refractivity contribution in [1.29, 1.82) is 0 Å². The quantitative estimate of drug-likeness (QED) is 0.757. The van der Waals surface area contributed by atoms with Crippen LogP contribution in [0.4, 0.5) is 0 Å². The van der Waals surface area contributed by atoms with E-state index in [2.05, 4.69) is 10.2 Å². The lowest BCUT2D eigenvalue weighted by Crippen LogP contribution is -2.48. The Labute approximate surface area is 150 Å². The fourth-order valence-electron chi connectivity index (χ4n) is 4.04. The highest BCUT2D eigenvalue weighted by atomic mass is 16.5. The van der Waals surface area contributed by atoms with E-state index in [0.717, 1.165) is 49.6 Å². The van der Waals surface area contributed by atoms with Crippen molar-refractivity contribution in [3.8, 4) is 5.75 Å². The Morgan fingerprint density at radius 2 is 2.20 bits per heavy atom. The number of carbonyl (C=O) groups excluding carboxylic acids is 1. The van der Waals surface area contributed by atoms with Crippen LogP contribution < -0.4 is 10.1 Å². The molecule has 3 rings (SSSR count). The summed E-state index contributed by atoms with van der Waals surface area (Å²) >= 11 is 0. The van der Waals surface area contributed by atoms with Gasteiger partial charge in [0.25, 0.3) is 0 Å². The predicted molar refractivity (Wildman–Crippen MR) is 97.4 cm³/mol. The second-order valence-corrected chi connectivity index (χ2v) is 7.71. The van der Waals surface area contributed by atoms with E-state index < -0.39 is 0 Å². The number of amides is 1. The SMILES string of the molecule is COc1ccccc1CNC(=O)CN1CCC[C@](CO)(CC2CC2)C1. The van der Waals surface area contributed by atoms with E-state index >= 15 is 0 Å². The molecule has 5 nitrogen and oxygen atoms in total. The maximum atomic E-state index is 12.4. The van der Waals surface area contributed by atoms with Crippen molar-refractivity contribution >= 4 is 5.91 Å². The number of likely N-dealkylation sites (tertiary alicyclic amines) is 1. The van der Waals surface area contributed by atoms with Crippen LogP contribution in [-0.2, 0) is 11.3 Å². The van der Waals surface area contributed by atoms with Gasteiger partial charge in [0.1, 0.15) is 5.75 Å². The third kappa shape index (κ3) is 4.95. The van der Waals surface area contributed by atoms with E-state index in [9.17, 15) is 9.90 Å². The minimum atomic E-state index is 0.00233. The monoisotopic (exact) mass is 346 g/mol. The average molecular weight is 346 g/mol. The number of nitrogens with one attached hydrogen (secondary N) is 1. The summed E-state index contributed by atoms with van der Waals surface area (Å²) < 4.78 is 5.32. The lowest BCUT2D eigenvalue weighted by atomic mass is 9.76. The first-order valence-electron chi connectivity index (χ1n) is 9.36. The molecule has 1 aromatic rings. The van der Waals surface area contributed by atoms with Crippen molar-refractivity contribution in [3.63, 3.8) is 0 Å². The lowest BCUT2D eigenvalue weighted by molar-refractivity contribution is -0.123. The van der Waals surface area contributed by atoms with Gasteiger partial charge in [-0.05, 0) is 37.8 Å². The molecule has 1 aliphatic heterocycles. The molecule has 1 aromatic carbocycles. The second kappa shape index (κ2) is 8.19. The maximum Gasteiger partial charge on any atom is 0.234 e. The number of hydrogen-bond acceptors (Lipinski definition) is 4. The van der Waals surface area contributed by atoms with E-state index in [1.807, 2.05) is 24.3 Å². The van der Waals surface area contributed by atoms with Crippen LogP contribution in [0.25, 0.3) is 0 Å². The molecular weight excluding hydrogens is 316 g/mol. The molecule has 1 aliphatic carbocycles. The highest BCUT2D eigenvalue weighted by Gasteiger charge is 2.40. The molecule has 0 unspecified atom stereocenters. The summed E-state index contributed by atoms with van der Waals surface area (Å²) in [6.07, 6.45) is 5.87. The summed E-state index contributed by atoms with van der Waals surface area (Å²) in [7, 11) is 1.64. The van der Waals surface area contributed by atoms with Gasteiger partial charge in [-0.15, -0.1) is 0 Å². The Hall–Kier alpha value is -1.59. The van der Waals surface area contributed by atoms with Gasteiger partial charge in [0, 0.05) is 30.7 Å². The van der Waals surface area contributed by atoms with Crippen molar-refractivity contribution in [3.05, 3.63) is 29.8 Å². The first-order chi connectivity index (χ1) is 12.1. The molecule has 1 saturated carbocycles. The Kier molecular flexibility index (Phi) is 5.97. The van der Waals surface area contributed by atoms with Crippen molar-refractivity contribution in [2.24, 2.45) is 11.3 Å². The summed E-state index contributed by atoms with van der Waals surface area (Å²) in [5.41, 5.74) is 0.984. The molecule has 0 spiro atoms. The number of methoxy groups -OCH3 is 1. The van der Waals surface area contributed by atoms with Gasteiger partial charge in [0.15, 0.2) is 0 Å². The molecule has 1 saturated heterocycles. The van der Waals surface area contributed by atoms with Gasteiger partial charge >= 0.3 is 0 Å². The molecule has 1 heterocycles. The Morgan fingerprint density at radius 3 is 2.92 bits per heavy atom. The van der Waals surface area contributed by atoms with E-state index in [-0.39, 0.29) is 17.9 Å². The Balaban J connectivity index is 1.50. The number of para-hydroxylation sites is 1. The predicted octanol–water partition coefficient (Wildman–Crippen LogP) is 2.19. The van der Waals surface area contributed by atoms with Crippen molar-refractivity contribution in [1.82, 2.24) is 10.2 Å². The van der Waals surface area contributed by atoms with Crippen LogP contribution in [0.5, 0.6) is 5.75 Å². The van der Waals surface area contributed by atoms with Gasteiger partial charge < -0.3 is 15.2 Å². The number of piperidine rings is 1. The summed E-state index contributed by atoms with van der Waals surface area (Å²) in [6, 6.07) is 7.74. The number of hydrogen-bond donors (Lipinski definition) is 2. The first-order valence-corrected chi connectivity index (χ1v) is 9.36. The Bertz CT molecular complexity index is 588. The number of carbonyl (C=O) groups is 1. The van der Waals surface area contributed by atoms with Crippen LogP contribution in [0.3, 0.4) is 0 Å².